The van der Waals surface area contributed by atoms with Crippen molar-refractivity contribution in [3.63, 3.8) is 0 Å². The number of nitrogens with one attached hydrogen (secondary N) is 3. The van der Waals surface area contributed by atoms with Crippen LogP contribution < -0.4 is 15.4 Å². The molecule has 0 aliphatic carbocycles. The van der Waals surface area contributed by atoms with E-state index < -0.39 is 27.9 Å². The van der Waals surface area contributed by atoms with Gasteiger partial charge in [0.25, 0.3) is 5.91 Å². The molecule has 3 N–H and O–H groups in total. The second-order valence-corrected chi connectivity index (χ2v) is 9.78. The van der Waals surface area contributed by atoms with E-state index in [0.717, 1.165) is 23.1 Å². The van der Waals surface area contributed by atoms with Gasteiger partial charge in [0.15, 0.2) is 0 Å². The van der Waals surface area contributed by atoms with Crippen LogP contribution in [0.25, 0.3) is 0 Å². The third kappa shape index (κ3) is 5.00. The fourth-order valence-electron chi connectivity index (χ4n) is 3.34. The van der Waals surface area contributed by atoms with E-state index in [-0.39, 0.29) is 16.5 Å². The highest BCUT2D eigenvalue weighted by atomic mass is 32.2. The number of alkyl halides is 3. The van der Waals surface area contributed by atoms with Crippen LogP contribution >= 0.6 is 11.8 Å². The molecule has 0 bridgehead atoms. The number of benzene rings is 3. The Morgan fingerprint density at radius 3 is 2.42 bits per heavy atom. The number of halogens is 3. The Morgan fingerprint density at radius 2 is 1.76 bits per heavy atom. The first kappa shape index (κ1) is 23.1. The predicted molar refractivity (Wildman–Crippen MR) is 121 cm³/mol. The quantitative estimate of drug-likeness (QED) is 0.441. The summed E-state index contributed by atoms with van der Waals surface area (Å²) in [6.45, 7) is 0. The van der Waals surface area contributed by atoms with Crippen molar-refractivity contribution in [1.82, 2.24) is 4.72 Å². The van der Waals surface area contributed by atoms with Crippen molar-refractivity contribution in [3.05, 3.63) is 83.4 Å². The number of rotatable bonds is 4. The number of anilines is 2. The standard InChI is InChI=1S/C22H18F3N3O3S2/c1-32-17-4-2-3-16(12-17)26-21(29)14-7-5-13(6-8-14)20-27-18-11-15(22(23,24)25)9-10-19(18)33(30,31)28-20/h2-12,20,27-28H,1H3,(H,26,29). The number of carbonyl (C=O) groups excluding carboxylic acids is 1. The largest absolute Gasteiger partial charge is 0.416 e. The Kier molecular flexibility index (Phi) is 6.12. The fraction of sp³-hybridized carbons (Fsp3) is 0.136. The lowest BCUT2D eigenvalue weighted by atomic mass is 10.1. The molecule has 3 aromatic rings. The summed E-state index contributed by atoms with van der Waals surface area (Å²) >= 11 is 1.54. The number of hydrogen-bond donors (Lipinski definition) is 3. The van der Waals surface area contributed by atoms with Crippen molar-refractivity contribution < 1.29 is 26.4 Å². The lowest BCUT2D eigenvalue weighted by Gasteiger charge is -2.29. The van der Waals surface area contributed by atoms with Gasteiger partial charge in [0.2, 0.25) is 10.0 Å². The molecule has 4 rings (SSSR count). The van der Waals surface area contributed by atoms with E-state index in [2.05, 4.69) is 15.4 Å². The van der Waals surface area contributed by atoms with E-state index in [1.54, 1.807) is 17.8 Å². The number of thioether (sulfide) groups is 1. The van der Waals surface area contributed by atoms with Crippen molar-refractivity contribution in [2.24, 2.45) is 0 Å². The van der Waals surface area contributed by atoms with E-state index in [4.69, 9.17) is 0 Å². The lowest BCUT2D eigenvalue weighted by Crippen LogP contribution is -2.38. The van der Waals surface area contributed by atoms with Crippen LogP contribution in [0.2, 0.25) is 0 Å². The van der Waals surface area contributed by atoms with E-state index in [9.17, 15) is 26.4 Å². The smallest absolute Gasteiger partial charge is 0.364 e. The second kappa shape index (κ2) is 8.73. The molecule has 11 heteroatoms. The van der Waals surface area contributed by atoms with Crippen LogP contribution in [0.4, 0.5) is 24.5 Å². The molecule has 33 heavy (non-hydrogen) atoms. The van der Waals surface area contributed by atoms with Gasteiger partial charge in [0.05, 0.1) is 11.3 Å². The number of fused-ring (bicyclic) bond motifs is 1. The molecule has 1 heterocycles. The van der Waals surface area contributed by atoms with Crippen molar-refractivity contribution in [1.29, 1.82) is 0 Å². The number of sulfonamides is 1. The summed E-state index contributed by atoms with van der Waals surface area (Å²) < 4.78 is 66.7. The Balaban J connectivity index is 1.55. The fourth-order valence-corrected chi connectivity index (χ4v) is 5.09. The van der Waals surface area contributed by atoms with E-state index >= 15 is 0 Å². The summed E-state index contributed by atoms with van der Waals surface area (Å²) in [5, 5.41) is 5.58. The molecular weight excluding hydrogens is 475 g/mol. The minimum Gasteiger partial charge on any atom is -0.364 e. The van der Waals surface area contributed by atoms with Crippen LogP contribution in [-0.2, 0) is 16.2 Å². The lowest BCUT2D eigenvalue weighted by molar-refractivity contribution is -0.137. The molecular formula is C22H18F3N3O3S2. The van der Waals surface area contributed by atoms with Gasteiger partial charge in [-0.3, -0.25) is 4.79 Å². The summed E-state index contributed by atoms with van der Waals surface area (Å²) in [6, 6.07) is 15.9. The van der Waals surface area contributed by atoms with Crippen molar-refractivity contribution in [3.8, 4) is 0 Å². The molecule has 0 saturated heterocycles. The molecule has 1 aliphatic heterocycles. The van der Waals surface area contributed by atoms with Crippen LogP contribution in [-0.4, -0.2) is 20.6 Å². The van der Waals surface area contributed by atoms with Gasteiger partial charge in [0.1, 0.15) is 11.1 Å². The normalized spacial score (nSPS) is 17.0. The molecule has 0 radical (unpaired) electrons. The van der Waals surface area contributed by atoms with Gasteiger partial charge in [-0.15, -0.1) is 11.8 Å². The average molecular weight is 494 g/mol. The Bertz CT molecular complexity index is 1310. The van der Waals surface area contributed by atoms with Gasteiger partial charge in [-0.2, -0.15) is 17.9 Å². The maximum atomic E-state index is 13.1. The predicted octanol–water partition coefficient (Wildman–Crippen LogP) is 5.08. The van der Waals surface area contributed by atoms with Gasteiger partial charge in [-0.1, -0.05) is 18.2 Å². The molecule has 172 valence electrons. The van der Waals surface area contributed by atoms with Crippen LogP contribution in [0.1, 0.15) is 27.7 Å². The third-order valence-electron chi connectivity index (χ3n) is 5.00. The molecule has 1 amide bonds. The third-order valence-corrected chi connectivity index (χ3v) is 7.21. The molecule has 1 aliphatic rings. The molecule has 0 fully saturated rings. The maximum Gasteiger partial charge on any atom is 0.416 e. The molecule has 3 aromatic carbocycles. The van der Waals surface area contributed by atoms with Crippen LogP contribution in [0.5, 0.6) is 0 Å². The summed E-state index contributed by atoms with van der Waals surface area (Å²) in [7, 11) is -4.04. The van der Waals surface area contributed by atoms with E-state index in [1.165, 1.54) is 24.3 Å². The molecule has 1 atom stereocenters. The number of amides is 1. The van der Waals surface area contributed by atoms with Gasteiger partial charge in [-0.05, 0) is 60.4 Å². The van der Waals surface area contributed by atoms with Gasteiger partial charge in [-0.25, -0.2) is 8.42 Å². The first-order valence-electron chi connectivity index (χ1n) is 9.62. The highest BCUT2D eigenvalue weighted by Crippen LogP contribution is 2.37. The van der Waals surface area contributed by atoms with Crippen molar-refractivity contribution >= 4 is 39.1 Å². The number of hydrogen-bond acceptors (Lipinski definition) is 5. The zero-order valence-corrected chi connectivity index (χ0v) is 18.7. The second-order valence-electron chi connectivity index (χ2n) is 7.22. The Labute approximate surface area is 192 Å². The summed E-state index contributed by atoms with van der Waals surface area (Å²) in [5.74, 6) is -0.350. The van der Waals surface area contributed by atoms with Crippen LogP contribution in [0.15, 0.2) is 76.5 Å². The Hall–Kier alpha value is -3.02. The summed E-state index contributed by atoms with van der Waals surface area (Å²) in [6.07, 6.45) is -3.68. The molecule has 6 nitrogen and oxygen atoms in total. The first-order chi connectivity index (χ1) is 15.6. The molecule has 0 saturated carbocycles. The van der Waals surface area contributed by atoms with Crippen molar-refractivity contribution in [2.75, 3.05) is 16.9 Å². The van der Waals surface area contributed by atoms with Gasteiger partial charge < -0.3 is 10.6 Å². The molecule has 0 spiro atoms. The summed E-state index contributed by atoms with van der Waals surface area (Å²) in [4.78, 5) is 13.3. The molecule has 1 unspecified atom stereocenters. The Morgan fingerprint density at radius 1 is 1.03 bits per heavy atom. The first-order valence-corrected chi connectivity index (χ1v) is 12.3. The highest BCUT2D eigenvalue weighted by molar-refractivity contribution is 7.98. The van der Waals surface area contributed by atoms with Gasteiger partial charge >= 0.3 is 6.18 Å². The van der Waals surface area contributed by atoms with Gasteiger partial charge in [0, 0.05) is 16.1 Å². The zero-order chi connectivity index (χ0) is 23.8. The minimum atomic E-state index is -4.61. The maximum absolute atomic E-state index is 13.1. The molecule has 0 aromatic heterocycles. The number of carbonyl (C=O) groups is 1. The monoisotopic (exact) mass is 493 g/mol. The van der Waals surface area contributed by atoms with E-state index in [0.29, 0.717) is 16.8 Å². The summed E-state index contributed by atoms with van der Waals surface area (Å²) in [5.41, 5.74) is 0.301. The van der Waals surface area contributed by atoms with Crippen LogP contribution in [0, 0.1) is 0 Å². The van der Waals surface area contributed by atoms with Crippen molar-refractivity contribution in [2.45, 2.75) is 22.1 Å². The SMILES string of the molecule is CSc1cccc(NC(=O)c2ccc(C3Nc4cc(C(F)(F)F)ccc4S(=O)(=O)N3)cc2)c1. The topological polar surface area (TPSA) is 87.3 Å². The van der Waals surface area contributed by atoms with E-state index in [1.807, 2.05) is 24.5 Å². The average Bonchev–Trinajstić information content (AvgIpc) is 2.78. The highest BCUT2D eigenvalue weighted by Gasteiger charge is 2.35. The zero-order valence-electron chi connectivity index (χ0n) is 17.1. The van der Waals surface area contributed by atoms with Crippen LogP contribution in [0.3, 0.4) is 0 Å². The minimum absolute atomic E-state index is 0.149.